The number of hydrogen-bond donors (Lipinski definition) is 1. The summed E-state index contributed by atoms with van der Waals surface area (Å²) in [6.45, 7) is 0. The summed E-state index contributed by atoms with van der Waals surface area (Å²) >= 11 is 3.24. The van der Waals surface area contributed by atoms with E-state index in [-0.39, 0.29) is 4.90 Å². The number of aromatic nitrogens is 2. The topological polar surface area (TPSA) is 78.0 Å². The molecule has 1 aromatic rings. The predicted molar refractivity (Wildman–Crippen MR) is 58.8 cm³/mol. The second-order valence-electron chi connectivity index (χ2n) is 3.73. The second kappa shape index (κ2) is 3.88. The number of nitrogens with two attached hydrogens (primary N) is 1. The average Bonchev–Trinajstić information content (AvgIpc) is 2.69. The van der Waals surface area contributed by atoms with Crippen molar-refractivity contribution in [2.75, 3.05) is 0 Å². The molecule has 2 N–H and O–H groups in total. The molecule has 0 radical (unpaired) electrons. The molecule has 0 spiro atoms. The molecular weight excluding hydrogens is 282 g/mol. The Balaban J connectivity index is 2.39. The van der Waals surface area contributed by atoms with Crippen molar-refractivity contribution >= 4 is 26.0 Å². The van der Waals surface area contributed by atoms with E-state index in [1.807, 2.05) is 0 Å². The molecule has 0 atom stereocenters. The minimum Gasteiger partial charge on any atom is -0.254 e. The molecule has 1 aliphatic rings. The van der Waals surface area contributed by atoms with Crippen LogP contribution in [0.5, 0.6) is 0 Å². The van der Waals surface area contributed by atoms with Gasteiger partial charge in [0.1, 0.15) is 9.50 Å². The van der Waals surface area contributed by atoms with Crippen LogP contribution in [0.25, 0.3) is 0 Å². The maximum atomic E-state index is 11.2. The van der Waals surface area contributed by atoms with Crippen LogP contribution in [0.15, 0.2) is 15.7 Å². The van der Waals surface area contributed by atoms with Crippen LogP contribution in [0.2, 0.25) is 0 Å². The van der Waals surface area contributed by atoms with Crippen LogP contribution in [-0.2, 0) is 10.0 Å². The Kier molecular flexibility index (Phi) is 2.87. The largest absolute Gasteiger partial charge is 0.254 e. The van der Waals surface area contributed by atoms with Gasteiger partial charge in [0.25, 0.3) is 0 Å². The Hall–Kier alpha value is -0.400. The Morgan fingerprint density at radius 2 is 2.07 bits per heavy atom. The standard InChI is InChI=1S/C8H12BrN3O2S/c9-8-7(15(10,13)14)5-11-12(8)6-3-1-2-4-6/h5-6H,1-4H2,(H2,10,13,14). The van der Waals surface area contributed by atoms with Crippen molar-refractivity contribution in [1.29, 1.82) is 0 Å². The summed E-state index contributed by atoms with van der Waals surface area (Å²) in [7, 11) is -3.67. The summed E-state index contributed by atoms with van der Waals surface area (Å²) < 4.78 is 24.5. The molecule has 0 aromatic carbocycles. The van der Waals surface area contributed by atoms with E-state index in [2.05, 4.69) is 21.0 Å². The fraction of sp³-hybridized carbons (Fsp3) is 0.625. The van der Waals surface area contributed by atoms with Crippen molar-refractivity contribution in [3.05, 3.63) is 10.8 Å². The Labute approximate surface area is 96.8 Å². The molecule has 2 rings (SSSR count). The molecule has 1 heterocycles. The van der Waals surface area contributed by atoms with Gasteiger partial charge in [0, 0.05) is 0 Å². The third-order valence-corrected chi connectivity index (χ3v) is 4.65. The van der Waals surface area contributed by atoms with Gasteiger partial charge in [0.15, 0.2) is 0 Å². The molecule has 7 heteroatoms. The van der Waals surface area contributed by atoms with Crippen LogP contribution in [0, 0.1) is 0 Å². The number of hydrogen-bond acceptors (Lipinski definition) is 3. The Morgan fingerprint density at radius 1 is 1.47 bits per heavy atom. The quantitative estimate of drug-likeness (QED) is 0.895. The number of primary sulfonamides is 1. The fourth-order valence-corrected chi connectivity index (χ4v) is 3.61. The summed E-state index contributed by atoms with van der Waals surface area (Å²) in [6, 6.07) is 0.301. The summed E-state index contributed by atoms with van der Waals surface area (Å²) in [6.07, 6.45) is 5.73. The highest BCUT2D eigenvalue weighted by Crippen LogP contribution is 2.33. The number of rotatable bonds is 2. The van der Waals surface area contributed by atoms with E-state index < -0.39 is 10.0 Å². The lowest BCUT2D eigenvalue weighted by Gasteiger charge is -2.10. The lowest BCUT2D eigenvalue weighted by atomic mass is 10.3. The number of sulfonamides is 1. The van der Waals surface area contributed by atoms with Crippen LogP contribution in [0.3, 0.4) is 0 Å². The van der Waals surface area contributed by atoms with Gasteiger partial charge in [-0.25, -0.2) is 13.6 Å². The van der Waals surface area contributed by atoms with Gasteiger partial charge < -0.3 is 0 Å². The van der Waals surface area contributed by atoms with Crippen molar-refractivity contribution in [1.82, 2.24) is 9.78 Å². The van der Waals surface area contributed by atoms with Crippen molar-refractivity contribution in [2.24, 2.45) is 5.14 Å². The predicted octanol–water partition coefficient (Wildman–Crippen LogP) is 1.41. The maximum absolute atomic E-state index is 11.2. The molecule has 1 saturated carbocycles. The van der Waals surface area contributed by atoms with E-state index >= 15 is 0 Å². The first-order valence-electron chi connectivity index (χ1n) is 4.76. The van der Waals surface area contributed by atoms with Gasteiger partial charge >= 0.3 is 0 Å². The normalized spacial score (nSPS) is 18.5. The van der Waals surface area contributed by atoms with Crippen LogP contribution in [0.1, 0.15) is 31.7 Å². The average molecular weight is 294 g/mol. The van der Waals surface area contributed by atoms with E-state index in [0.717, 1.165) is 12.8 Å². The van der Waals surface area contributed by atoms with Gasteiger partial charge in [-0.3, -0.25) is 4.68 Å². The molecule has 0 unspecified atom stereocenters. The van der Waals surface area contributed by atoms with Gasteiger partial charge in [0.2, 0.25) is 10.0 Å². The van der Waals surface area contributed by atoms with Crippen LogP contribution < -0.4 is 5.14 Å². The highest BCUT2D eigenvalue weighted by molar-refractivity contribution is 9.10. The molecule has 5 nitrogen and oxygen atoms in total. The zero-order valence-electron chi connectivity index (χ0n) is 8.06. The molecule has 0 saturated heterocycles. The first-order valence-corrected chi connectivity index (χ1v) is 7.10. The summed E-state index contributed by atoms with van der Waals surface area (Å²) in [5, 5.41) is 9.13. The number of halogens is 1. The van der Waals surface area contributed by atoms with E-state index in [9.17, 15) is 8.42 Å². The minimum atomic E-state index is -3.67. The molecule has 0 bridgehead atoms. The third kappa shape index (κ3) is 2.09. The SMILES string of the molecule is NS(=O)(=O)c1cnn(C2CCCC2)c1Br. The smallest absolute Gasteiger partial charge is 0.242 e. The Morgan fingerprint density at radius 3 is 2.53 bits per heavy atom. The Bertz CT molecular complexity index is 462. The van der Waals surface area contributed by atoms with E-state index in [1.165, 1.54) is 19.0 Å². The summed E-state index contributed by atoms with van der Waals surface area (Å²) in [4.78, 5) is 0.0643. The summed E-state index contributed by atoms with van der Waals surface area (Å²) in [5.74, 6) is 0. The van der Waals surface area contributed by atoms with Crippen molar-refractivity contribution in [3.63, 3.8) is 0 Å². The van der Waals surface area contributed by atoms with Gasteiger partial charge in [-0.05, 0) is 28.8 Å². The highest BCUT2D eigenvalue weighted by Gasteiger charge is 2.24. The second-order valence-corrected chi connectivity index (χ2v) is 6.01. The molecule has 1 aliphatic carbocycles. The zero-order chi connectivity index (χ0) is 11.1. The third-order valence-electron chi connectivity index (χ3n) is 2.68. The molecule has 15 heavy (non-hydrogen) atoms. The molecule has 0 amide bonds. The molecular formula is C8H12BrN3O2S. The van der Waals surface area contributed by atoms with Gasteiger partial charge in [0.05, 0.1) is 12.2 Å². The van der Waals surface area contributed by atoms with Crippen molar-refractivity contribution in [3.8, 4) is 0 Å². The number of nitrogens with zero attached hydrogens (tertiary/aromatic N) is 2. The first kappa shape index (κ1) is 11.1. The highest BCUT2D eigenvalue weighted by atomic mass is 79.9. The van der Waals surface area contributed by atoms with Crippen molar-refractivity contribution < 1.29 is 8.42 Å². The lowest BCUT2D eigenvalue weighted by molar-refractivity contribution is 0.457. The van der Waals surface area contributed by atoms with Crippen molar-refractivity contribution in [2.45, 2.75) is 36.6 Å². The summed E-state index contributed by atoms with van der Waals surface area (Å²) in [5.41, 5.74) is 0. The van der Waals surface area contributed by atoms with Gasteiger partial charge in [-0.1, -0.05) is 12.8 Å². The first-order chi connectivity index (χ1) is 7.00. The minimum absolute atomic E-state index is 0.0643. The lowest BCUT2D eigenvalue weighted by Crippen LogP contribution is -2.13. The van der Waals surface area contributed by atoms with Gasteiger partial charge in [-0.2, -0.15) is 5.10 Å². The molecule has 1 fully saturated rings. The molecule has 1 aromatic heterocycles. The van der Waals surface area contributed by atoms with Crippen LogP contribution in [0.4, 0.5) is 0 Å². The molecule has 84 valence electrons. The zero-order valence-corrected chi connectivity index (χ0v) is 10.5. The van der Waals surface area contributed by atoms with E-state index in [4.69, 9.17) is 5.14 Å². The maximum Gasteiger partial charge on any atom is 0.242 e. The van der Waals surface area contributed by atoms with E-state index in [0.29, 0.717) is 10.6 Å². The van der Waals surface area contributed by atoms with Gasteiger partial charge in [-0.15, -0.1) is 0 Å². The molecule has 0 aliphatic heterocycles. The van der Waals surface area contributed by atoms with Crippen LogP contribution >= 0.6 is 15.9 Å². The van der Waals surface area contributed by atoms with Crippen LogP contribution in [-0.4, -0.2) is 18.2 Å². The fourth-order valence-electron chi connectivity index (χ4n) is 1.93. The monoisotopic (exact) mass is 293 g/mol. The van der Waals surface area contributed by atoms with E-state index in [1.54, 1.807) is 4.68 Å².